The third-order valence-electron chi connectivity index (χ3n) is 5.09. The maximum atomic E-state index is 12.6. The fraction of sp³-hybridized carbons (Fsp3) is 0.464. The fourth-order valence-electron chi connectivity index (χ4n) is 3.00. The van der Waals surface area contributed by atoms with Gasteiger partial charge in [-0.15, -0.1) is 0 Å². The molecule has 1 amide bonds. The Morgan fingerprint density at radius 3 is 1.79 bits per heavy atom. The molecule has 0 radical (unpaired) electrons. The van der Waals surface area contributed by atoms with Crippen LogP contribution in [0.5, 0.6) is 0 Å². The van der Waals surface area contributed by atoms with Gasteiger partial charge in [0.25, 0.3) is 5.91 Å². The number of anilines is 2. The van der Waals surface area contributed by atoms with Crippen LogP contribution in [0.4, 0.5) is 11.4 Å². The van der Waals surface area contributed by atoms with Crippen LogP contribution in [0, 0.1) is 10.8 Å². The molecule has 0 spiro atoms. The van der Waals surface area contributed by atoms with E-state index < -0.39 is 0 Å². The molecule has 0 bridgehead atoms. The second kappa shape index (κ2) is 14.4. The Hall–Kier alpha value is -2.83. The van der Waals surface area contributed by atoms with Crippen LogP contribution in [0.1, 0.15) is 72.1 Å². The molecule has 1 aromatic rings. The summed E-state index contributed by atoms with van der Waals surface area (Å²) in [5.41, 5.74) is 10.2. The molecule has 1 aromatic carbocycles. The predicted octanol–water partition coefficient (Wildman–Crippen LogP) is 7.60. The summed E-state index contributed by atoms with van der Waals surface area (Å²) in [5.74, 6) is 0.389. The number of carbonyl (C=O) groups is 1. The quantitative estimate of drug-likeness (QED) is 0.115. The molecular formula is C28H53N5O. The molecule has 6 heteroatoms. The van der Waals surface area contributed by atoms with E-state index in [1.54, 1.807) is 0 Å². The Balaban J connectivity index is -0.000000997. The van der Waals surface area contributed by atoms with Crippen molar-refractivity contribution in [1.82, 2.24) is 11.5 Å². The third-order valence-corrected chi connectivity index (χ3v) is 5.09. The zero-order chi connectivity index (χ0) is 26.0. The summed E-state index contributed by atoms with van der Waals surface area (Å²) >= 11 is 0. The number of carbonyl (C=O) groups excluding carboxylic acids is 1. The number of nitrogens with two attached hydrogens (primary N) is 1. The largest absolute Gasteiger partial charge is 0.354 e. The third kappa shape index (κ3) is 11.3. The Labute approximate surface area is 211 Å². The molecule has 34 heavy (non-hydrogen) atoms. The maximum absolute atomic E-state index is 12.6. The lowest BCUT2D eigenvalue weighted by molar-refractivity contribution is -0.112. The Bertz CT molecular complexity index is 877. The lowest BCUT2D eigenvalue weighted by Gasteiger charge is -2.24. The van der Waals surface area contributed by atoms with Gasteiger partial charge < -0.3 is 27.8 Å². The van der Waals surface area contributed by atoms with Crippen molar-refractivity contribution in [3.8, 4) is 0 Å². The number of rotatable bonds is 8. The summed E-state index contributed by atoms with van der Waals surface area (Å²) in [4.78, 5) is 12.6. The minimum atomic E-state index is -0.340. The number of hydrogen-bond acceptors (Lipinski definition) is 5. The smallest absolute Gasteiger partial charge is 0.255 e. The van der Waals surface area contributed by atoms with Crippen molar-refractivity contribution >= 4 is 17.3 Å². The Kier molecular flexibility index (Phi) is 14.2. The SMILES string of the molecule is C=C(Nc1ccc(NC(=O)C(=C)/C(=C\C)C(C)(C)C)cc1)NC(N)/C=C(\C)C(C)(C)C.CC.N.[HH].[HH]. The predicted molar refractivity (Wildman–Crippen MR) is 155 cm³/mol. The van der Waals surface area contributed by atoms with Gasteiger partial charge in [-0.1, -0.05) is 80.2 Å². The first kappa shape index (κ1) is 33.3. The van der Waals surface area contributed by atoms with Crippen LogP contribution in [-0.4, -0.2) is 12.1 Å². The summed E-state index contributed by atoms with van der Waals surface area (Å²) in [6.45, 7) is 28.6. The van der Waals surface area contributed by atoms with E-state index in [4.69, 9.17) is 5.73 Å². The molecule has 1 rings (SSSR count). The molecule has 196 valence electrons. The normalized spacial score (nSPS) is 12.9. The summed E-state index contributed by atoms with van der Waals surface area (Å²) in [6, 6.07) is 7.40. The van der Waals surface area contributed by atoms with Gasteiger partial charge in [0.05, 0.1) is 12.0 Å². The van der Waals surface area contributed by atoms with E-state index in [1.165, 1.54) is 5.57 Å². The van der Waals surface area contributed by atoms with Crippen LogP contribution in [0.15, 0.2) is 72.1 Å². The average molecular weight is 476 g/mol. The fourth-order valence-corrected chi connectivity index (χ4v) is 3.00. The molecule has 0 saturated carbocycles. The van der Waals surface area contributed by atoms with E-state index in [-0.39, 0.29) is 31.9 Å². The first-order chi connectivity index (χ1) is 15.1. The van der Waals surface area contributed by atoms with Gasteiger partial charge in [0.15, 0.2) is 0 Å². The molecule has 0 aliphatic carbocycles. The summed E-state index contributed by atoms with van der Waals surface area (Å²) in [6.07, 6.45) is 3.60. The van der Waals surface area contributed by atoms with Crippen LogP contribution in [0.2, 0.25) is 0 Å². The average Bonchev–Trinajstić information content (AvgIpc) is 2.69. The highest BCUT2D eigenvalue weighted by molar-refractivity contribution is 6.06. The lowest BCUT2D eigenvalue weighted by atomic mass is 9.82. The second-order valence-electron chi connectivity index (χ2n) is 9.84. The highest BCUT2D eigenvalue weighted by Gasteiger charge is 2.23. The molecule has 0 aliphatic heterocycles. The highest BCUT2D eigenvalue weighted by atomic mass is 16.1. The monoisotopic (exact) mass is 475 g/mol. The second-order valence-corrected chi connectivity index (χ2v) is 9.84. The van der Waals surface area contributed by atoms with Gasteiger partial charge in [-0.25, -0.2) is 0 Å². The van der Waals surface area contributed by atoms with Crippen molar-refractivity contribution < 1.29 is 7.65 Å². The molecule has 0 aliphatic rings. The molecule has 8 N–H and O–H groups in total. The minimum Gasteiger partial charge on any atom is -0.354 e. The number of nitrogens with one attached hydrogen (secondary N) is 3. The number of allylic oxidation sites excluding steroid dienone is 2. The molecule has 1 unspecified atom stereocenters. The van der Waals surface area contributed by atoms with Crippen molar-refractivity contribution in [3.05, 3.63) is 72.1 Å². The van der Waals surface area contributed by atoms with Crippen LogP contribution >= 0.6 is 0 Å². The zero-order valence-electron chi connectivity index (χ0n) is 23.1. The highest BCUT2D eigenvalue weighted by Crippen LogP contribution is 2.31. The van der Waals surface area contributed by atoms with Crippen molar-refractivity contribution in [3.63, 3.8) is 0 Å². The topological polar surface area (TPSA) is 114 Å². The standard InChI is InChI=1S/C26H40N4O.C2H6.H3N.2H2/c1-11-22(26(8,9)10)18(3)24(31)30-21-14-12-20(13-15-21)28-19(4)29-23(27)16-17(2)25(5,6)7;1-2;;;/h11-16,23,28-29H,3-4,27H2,1-2,5-10H3,(H,30,31);1-2H3;1H3;2*1H/b17-16+,22-11+;;;;. The lowest BCUT2D eigenvalue weighted by Crippen LogP contribution is -2.37. The van der Waals surface area contributed by atoms with Gasteiger partial charge >= 0.3 is 0 Å². The summed E-state index contributed by atoms with van der Waals surface area (Å²) < 4.78 is 0. The van der Waals surface area contributed by atoms with Gasteiger partial charge in [-0.3, -0.25) is 4.79 Å². The number of hydrogen-bond donors (Lipinski definition) is 5. The van der Waals surface area contributed by atoms with E-state index in [9.17, 15) is 4.79 Å². The van der Waals surface area contributed by atoms with E-state index >= 15 is 0 Å². The van der Waals surface area contributed by atoms with Crippen molar-refractivity contribution in [2.75, 3.05) is 10.6 Å². The van der Waals surface area contributed by atoms with Crippen molar-refractivity contribution in [1.29, 1.82) is 0 Å². The van der Waals surface area contributed by atoms with Gasteiger partial charge in [0.1, 0.15) is 0 Å². The van der Waals surface area contributed by atoms with Gasteiger partial charge in [-0.05, 0) is 60.6 Å². The molecule has 0 fully saturated rings. The summed E-state index contributed by atoms with van der Waals surface area (Å²) in [7, 11) is 0. The van der Waals surface area contributed by atoms with E-state index in [2.05, 4.69) is 77.6 Å². The van der Waals surface area contributed by atoms with Gasteiger partial charge in [-0.2, -0.15) is 0 Å². The molecule has 6 nitrogen and oxygen atoms in total. The van der Waals surface area contributed by atoms with E-state index in [1.807, 2.05) is 57.2 Å². The van der Waals surface area contributed by atoms with Crippen molar-refractivity contribution in [2.45, 2.75) is 75.4 Å². The molecular weight excluding hydrogens is 422 g/mol. The van der Waals surface area contributed by atoms with E-state index in [0.717, 1.165) is 11.3 Å². The summed E-state index contributed by atoms with van der Waals surface area (Å²) in [5, 5.41) is 9.22. The maximum Gasteiger partial charge on any atom is 0.255 e. The minimum absolute atomic E-state index is 0. The van der Waals surface area contributed by atoms with Gasteiger partial charge in [0, 0.05) is 19.8 Å². The zero-order valence-corrected chi connectivity index (χ0v) is 23.1. The van der Waals surface area contributed by atoms with E-state index in [0.29, 0.717) is 17.1 Å². The molecule has 1 atom stereocenters. The first-order valence-electron chi connectivity index (χ1n) is 11.6. The van der Waals surface area contributed by atoms with Crippen LogP contribution in [0.3, 0.4) is 0 Å². The number of benzene rings is 1. The van der Waals surface area contributed by atoms with Crippen LogP contribution in [0.25, 0.3) is 0 Å². The number of amides is 1. The first-order valence-corrected chi connectivity index (χ1v) is 11.6. The van der Waals surface area contributed by atoms with Gasteiger partial charge in [0.2, 0.25) is 0 Å². The van der Waals surface area contributed by atoms with Crippen LogP contribution in [-0.2, 0) is 4.79 Å². The molecule has 0 saturated heterocycles. The van der Waals surface area contributed by atoms with Crippen LogP contribution < -0.4 is 27.8 Å². The van der Waals surface area contributed by atoms with Crippen molar-refractivity contribution in [2.24, 2.45) is 16.6 Å². The Morgan fingerprint density at radius 2 is 1.41 bits per heavy atom. The molecule has 0 heterocycles. The Morgan fingerprint density at radius 1 is 0.971 bits per heavy atom. The molecule has 0 aromatic heterocycles.